The van der Waals surface area contributed by atoms with Gasteiger partial charge >= 0.3 is 6.03 Å². The smallest absolute Gasteiger partial charge is 0.325 e. The quantitative estimate of drug-likeness (QED) is 0.784. The molecule has 6 nitrogen and oxygen atoms in total. The summed E-state index contributed by atoms with van der Waals surface area (Å²) in [5.41, 5.74) is -0.347. The molecule has 0 saturated carbocycles. The number of β-amino-alcohol motifs (C(OH)–C–C–N with tert-alkyl or cyclic N) is 1. The summed E-state index contributed by atoms with van der Waals surface area (Å²) in [4.78, 5) is 25.8. The van der Waals surface area contributed by atoms with Crippen molar-refractivity contribution in [2.75, 3.05) is 13.2 Å². The van der Waals surface area contributed by atoms with Gasteiger partial charge in [0, 0.05) is 0 Å². The number of urea groups is 1. The lowest BCUT2D eigenvalue weighted by atomic mass is 9.95. The third kappa shape index (κ3) is 3.13. The number of nitrogens with one attached hydrogen (secondary N) is 1. The third-order valence-corrected chi connectivity index (χ3v) is 4.64. The van der Waals surface area contributed by atoms with Crippen molar-refractivity contribution in [2.24, 2.45) is 0 Å². The summed E-state index contributed by atoms with van der Waals surface area (Å²) in [5, 5.41) is 16.5. The second-order valence-corrected chi connectivity index (χ2v) is 6.54. The van der Waals surface area contributed by atoms with Gasteiger partial charge in [-0.25, -0.2) is 4.79 Å². The highest BCUT2D eigenvalue weighted by atomic mass is 32.1. The van der Waals surface area contributed by atoms with E-state index in [2.05, 4.69) is 5.32 Å². The number of benzene rings is 1. The zero-order valence-corrected chi connectivity index (χ0v) is 14.0. The number of imide groups is 1. The topological polar surface area (TPSA) is 78.9 Å². The van der Waals surface area contributed by atoms with Crippen LogP contribution in [0.5, 0.6) is 5.75 Å². The Balaban J connectivity index is 1.62. The summed E-state index contributed by atoms with van der Waals surface area (Å²) in [5.74, 6) is 0.251. The fraction of sp³-hybridized carbons (Fsp3) is 0.294. The van der Waals surface area contributed by atoms with E-state index in [1.54, 1.807) is 25.1 Å². The van der Waals surface area contributed by atoms with Gasteiger partial charge in [-0.15, -0.1) is 0 Å². The molecular formula is C17H18N2O4S. The highest BCUT2D eigenvalue weighted by molar-refractivity contribution is 7.08. The van der Waals surface area contributed by atoms with E-state index in [0.717, 1.165) is 10.5 Å². The molecule has 2 atom stereocenters. The predicted molar refractivity (Wildman–Crippen MR) is 89.9 cm³/mol. The van der Waals surface area contributed by atoms with Crippen molar-refractivity contribution in [3.8, 4) is 5.75 Å². The van der Waals surface area contributed by atoms with Crippen molar-refractivity contribution in [1.29, 1.82) is 0 Å². The van der Waals surface area contributed by atoms with Gasteiger partial charge in [0.05, 0.1) is 6.54 Å². The van der Waals surface area contributed by atoms with Gasteiger partial charge in [0.15, 0.2) is 0 Å². The minimum atomic E-state index is -1.09. The van der Waals surface area contributed by atoms with Crippen molar-refractivity contribution >= 4 is 23.3 Å². The van der Waals surface area contributed by atoms with Crippen LogP contribution in [0.25, 0.3) is 0 Å². The number of hydrogen-bond acceptors (Lipinski definition) is 5. The molecule has 24 heavy (non-hydrogen) atoms. The number of thiophene rings is 1. The van der Waals surface area contributed by atoms with E-state index in [1.165, 1.54) is 11.3 Å². The van der Waals surface area contributed by atoms with E-state index in [0.29, 0.717) is 5.75 Å². The number of para-hydroxylation sites is 1. The lowest BCUT2D eigenvalue weighted by molar-refractivity contribution is -0.132. The van der Waals surface area contributed by atoms with Gasteiger partial charge in [0.25, 0.3) is 5.91 Å². The van der Waals surface area contributed by atoms with Gasteiger partial charge in [0.2, 0.25) is 0 Å². The molecule has 1 aliphatic rings. The lowest BCUT2D eigenvalue weighted by Gasteiger charge is -2.22. The first-order valence-corrected chi connectivity index (χ1v) is 8.47. The molecule has 3 rings (SSSR count). The standard InChI is InChI=1S/C17H18N2O4S/c1-17(12-7-8-24-11-12)15(21)19(16(22)18-17)9-13(20)10-23-14-5-3-2-4-6-14/h2-8,11,13,20H,9-10H2,1H3,(H,18,22)/t13-,17+/m0/s1. The Bertz CT molecular complexity index is 719. The molecule has 0 unspecified atom stereocenters. The molecule has 2 N–H and O–H groups in total. The first-order chi connectivity index (χ1) is 11.5. The molecule has 126 valence electrons. The summed E-state index contributed by atoms with van der Waals surface area (Å²) in [6.07, 6.45) is -0.968. The molecule has 2 heterocycles. The van der Waals surface area contributed by atoms with E-state index in [4.69, 9.17) is 4.74 Å². The van der Waals surface area contributed by atoms with Crippen molar-refractivity contribution in [1.82, 2.24) is 10.2 Å². The minimum absolute atomic E-state index is 0.00373. The van der Waals surface area contributed by atoms with Crippen molar-refractivity contribution in [3.05, 3.63) is 52.7 Å². The molecule has 1 aromatic heterocycles. The van der Waals surface area contributed by atoms with Gasteiger partial charge in [-0.3, -0.25) is 9.69 Å². The molecule has 2 aromatic rings. The maximum atomic E-state index is 12.6. The molecule has 7 heteroatoms. The van der Waals surface area contributed by atoms with Crippen LogP contribution in [0.15, 0.2) is 47.2 Å². The number of aliphatic hydroxyl groups excluding tert-OH is 1. The third-order valence-electron chi connectivity index (χ3n) is 3.95. The first kappa shape index (κ1) is 16.5. The number of rotatable bonds is 6. The highest BCUT2D eigenvalue weighted by Crippen LogP contribution is 2.30. The highest BCUT2D eigenvalue weighted by Gasteiger charge is 2.49. The van der Waals surface area contributed by atoms with Crippen LogP contribution in [0, 0.1) is 0 Å². The van der Waals surface area contributed by atoms with E-state index in [1.807, 2.05) is 29.0 Å². The van der Waals surface area contributed by atoms with Gasteiger partial charge in [0.1, 0.15) is 24.0 Å². The molecule has 1 aliphatic heterocycles. The zero-order valence-electron chi connectivity index (χ0n) is 13.1. The van der Waals surface area contributed by atoms with Crippen LogP contribution in [0.4, 0.5) is 4.79 Å². The Hall–Kier alpha value is -2.38. The fourth-order valence-electron chi connectivity index (χ4n) is 2.58. The number of carbonyl (C=O) groups is 2. The van der Waals surface area contributed by atoms with Crippen LogP contribution < -0.4 is 10.1 Å². The first-order valence-electron chi connectivity index (χ1n) is 7.53. The number of nitrogens with zero attached hydrogens (tertiary/aromatic N) is 1. The Morgan fingerprint density at radius 3 is 2.71 bits per heavy atom. The van der Waals surface area contributed by atoms with Crippen molar-refractivity contribution in [3.63, 3.8) is 0 Å². The summed E-state index contributed by atoms with van der Waals surface area (Å²) in [6.45, 7) is 1.55. The lowest BCUT2D eigenvalue weighted by Crippen LogP contribution is -2.42. The summed E-state index contributed by atoms with van der Waals surface area (Å²) >= 11 is 1.46. The number of carbonyl (C=O) groups excluding carboxylic acids is 2. The molecule has 0 bridgehead atoms. The van der Waals surface area contributed by atoms with Gasteiger partial charge in [-0.1, -0.05) is 18.2 Å². The maximum Gasteiger partial charge on any atom is 0.325 e. The molecule has 3 amide bonds. The van der Waals surface area contributed by atoms with E-state index < -0.39 is 17.7 Å². The SMILES string of the molecule is C[C@]1(c2ccsc2)NC(=O)N(C[C@H](O)COc2ccccc2)C1=O. The predicted octanol–water partition coefficient (Wildman–Crippen LogP) is 1.95. The Morgan fingerprint density at radius 2 is 2.04 bits per heavy atom. The second kappa shape index (κ2) is 6.62. The maximum absolute atomic E-state index is 12.6. The zero-order chi connectivity index (χ0) is 17.2. The Kier molecular flexibility index (Phi) is 4.55. The molecule has 0 spiro atoms. The van der Waals surface area contributed by atoms with E-state index >= 15 is 0 Å². The normalized spacial score (nSPS) is 21.7. The average Bonchev–Trinajstić information content (AvgIpc) is 3.19. The molecule has 0 aliphatic carbocycles. The Labute approximate surface area is 143 Å². The van der Waals surface area contributed by atoms with Crippen LogP contribution in [0.2, 0.25) is 0 Å². The van der Waals surface area contributed by atoms with E-state index in [-0.39, 0.29) is 19.1 Å². The average molecular weight is 346 g/mol. The van der Waals surface area contributed by atoms with Crippen LogP contribution in [0.1, 0.15) is 12.5 Å². The summed E-state index contributed by atoms with van der Waals surface area (Å²) in [7, 11) is 0. The van der Waals surface area contributed by atoms with Crippen LogP contribution >= 0.6 is 11.3 Å². The van der Waals surface area contributed by atoms with Gasteiger partial charge < -0.3 is 15.2 Å². The number of hydrogen-bond donors (Lipinski definition) is 2. The molecule has 1 fully saturated rings. The van der Waals surface area contributed by atoms with Crippen LogP contribution in [0.3, 0.4) is 0 Å². The molecule has 1 saturated heterocycles. The largest absolute Gasteiger partial charge is 0.491 e. The molecular weight excluding hydrogens is 328 g/mol. The van der Waals surface area contributed by atoms with Crippen molar-refractivity contribution < 1.29 is 19.4 Å². The molecule has 1 aromatic carbocycles. The van der Waals surface area contributed by atoms with Gasteiger partial charge in [-0.2, -0.15) is 11.3 Å². The Morgan fingerprint density at radius 1 is 1.29 bits per heavy atom. The fourth-order valence-corrected chi connectivity index (χ4v) is 3.34. The minimum Gasteiger partial charge on any atom is -0.491 e. The number of ether oxygens (including phenoxy) is 1. The monoisotopic (exact) mass is 346 g/mol. The van der Waals surface area contributed by atoms with E-state index in [9.17, 15) is 14.7 Å². The molecule has 0 radical (unpaired) electrons. The number of amides is 3. The van der Waals surface area contributed by atoms with Gasteiger partial charge in [-0.05, 0) is 41.4 Å². The second-order valence-electron chi connectivity index (χ2n) is 5.76. The van der Waals surface area contributed by atoms with Crippen molar-refractivity contribution in [2.45, 2.75) is 18.6 Å². The number of aliphatic hydroxyl groups is 1. The van der Waals surface area contributed by atoms with Crippen LogP contribution in [-0.4, -0.2) is 41.2 Å². The van der Waals surface area contributed by atoms with Crippen LogP contribution in [-0.2, 0) is 10.3 Å². The summed E-state index contributed by atoms with van der Waals surface area (Å²) < 4.78 is 5.45. The summed E-state index contributed by atoms with van der Waals surface area (Å²) in [6, 6.07) is 10.4.